The lowest BCUT2D eigenvalue weighted by Crippen LogP contribution is -2.40. The zero-order valence-electron chi connectivity index (χ0n) is 20.9. The van der Waals surface area contributed by atoms with Gasteiger partial charge in [0.2, 0.25) is 5.91 Å². The standard InChI is InChI=1S/C29H32N2O4S/c1-3-27(32)31-13-12-21-8-9-23(18-25(21)28(31)22-6-4-20(2)5-7-22)34-19-24-10-11-26(35-24)29(33)30-14-16-36-17-15-30/h4-11,18,28H,3,12-17,19H2,1-2H3. The van der Waals surface area contributed by atoms with Gasteiger partial charge in [-0.05, 0) is 54.3 Å². The number of hydrogen-bond acceptors (Lipinski definition) is 5. The molecule has 0 spiro atoms. The van der Waals surface area contributed by atoms with Gasteiger partial charge in [0.15, 0.2) is 5.76 Å². The number of furan rings is 1. The van der Waals surface area contributed by atoms with Crippen LogP contribution in [-0.2, 0) is 17.8 Å². The van der Waals surface area contributed by atoms with E-state index in [-0.39, 0.29) is 24.5 Å². The molecular weight excluding hydrogens is 472 g/mol. The van der Waals surface area contributed by atoms with Crippen molar-refractivity contribution in [2.24, 2.45) is 0 Å². The summed E-state index contributed by atoms with van der Waals surface area (Å²) in [5, 5.41) is 0. The largest absolute Gasteiger partial charge is 0.486 e. The molecule has 6 nitrogen and oxygen atoms in total. The fourth-order valence-corrected chi connectivity index (χ4v) is 5.81. The first kappa shape index (κ1) is 24.5. The first-order valence-corrected chi connectivity index (χ1v) is 13.8. The maximum atomic E-state index is 12.8. The molecule has 0 saturated carbocycles. The van der Waals surface area contributed by atoms with Crippen molar-refractivity contribution in [3.8, 4) is 5.75 Å². The third-order valence-corrected chi connectivity index (χ3v) is 7.86. The first-order valence-electron chi connectivity index (χ1n) is 12.6. The molecule has 0 aliphatic carbocycles. The summed E-state index contributed by atoms with van der Waals surface area (Å²) in [5.74, 6) is 3.71. The van der Waals surface area contributed by atoms with Gasteiger partial charge in [-0.15, -0.1) is 0 Å². The zero-order chi connectivity index (χ0) is 25.1. The Bertz CT molecular complexity index is 1230. The number of carbonyl (C=O) groups is 2. The Morgan fingerprint density at radius 1 is 1.03 bits per heavy atom. The third kappa shape index (κ3) is 5.16. The fourth-order valence-electron chi connectivity index (χ4n) is 4.91. The number of fused-ring (bicyclic) bond motifs is 1. The Morgan fingerprint density at radius 3 is 2.56 bits per heavy atom. The number of aryl methyl sites for hydroxylation is 1. The first-order chi connectivity index (χ1) is 17.5. The van der Waals surface area contributed by atoms with Gasteiger partial charge in [-0.25, -0.2) is 0 Å². The second kappa shape index (κ2) is 10.8. The van der Waals surface area contributed by atoms with Gasteiger partial charge >= 0.3 is 0 Å². The van der Waals surface area contributed by atoms with Gasteiger partial charge in [-0.1, -0.05) is 42.8 Å². The van der Waals surface area contributed by atoms with Crippen molar-refractivity contribution < 1.29 is 18.7 Å². The molecule has 2 aliphatic rings. The van der Waals surface area contributed by atoms with E-state index in [1.807, 2.05) is 34.6 Å². The van der Waals surface area contributed by atoms with E-state index in [0.717, 1.165) is 42.1 Å². The second-order valence-corrected chi connectivity index (χ2v) is 10.5. The van der Waals surface area contributed by atoms with Gasteiger partial charge < -0.3 is 19.0 Å². The fraction of sp³-hybridized carbons (Fsp3) is 0.379. The molecular formula is C29H32N2O4S. The average Bonchev–Trinajstić information content (AvgIpc) is 3.40. The predicted octanol–water partition coefficient (Wildman–Crippen LogP) is 5.24. The molecule has 1 fully saturated rings. The number of carbonyl (C=O) groups excluding carboxylic acids is 2. The normalized spacial score (nSPS) is 17.6. The lowest BCUT2D eigenvalue weighted by atomic mass is 9.87. The lowest BCUT2D eigenvalue weighted by molar-refractivity contribution is -0.132. The maximum absolute atomic E-state index is 12.8. The van der Waals surface area contributed by atoms with Crippen LogP contribution in [0.3, 0.4) is 0 Å². The topological polar surface area (TPSA) is 63.0 Å². The van der Waals surface area contributed by atoms with Crippen LogP contribution in [0.2, 0.25) is 0 Å². The van der Waals surface area contributed by atoms with Crippen molar-refractivity contribution in [1.29, 1.82) is 0 Å². The summed E-state index contributed by atoms with van der Waals surface area (Å²) in [6, 6.07) is 17.9. The SMILES string of the molecule is CCC(=O)N1CCc2ccc(OCc3ccc(C(=O)N4CCSCC4)o3)cc2C1c1ccc(C)cc1. The van der Waals surface area contributed by atoms with Crippen LogP contribution in [0.25, 0.3) is 0 Å². The highest BCUT2D eigenvalue weighted by Crippen LogP contribution is 2.37. The number of rotatable bonds is 6. The summed E-state index contributed by atoms with van der Waals surface area (Å²) in [6.45, 7) is 6.43. The molecule has 1 aromatic heterocycles. The van der Waals surface area contributed by atoms with E-state index >= 15 is 0 Å². The van der Waals surface area contributed by atoms with E-state index in [0.29, 0.717) is 30.2 Å². The highest BCUT2D eigenvalue weighted by atomic mass is 32.2. The molecule has 2 aromatic carbocycles. The van der Waals surface area contributed by atoms with Crippen LogP contribution >= 0.6 is 11.8 Å². The van der Waals surface area contributed by atoms with Crippen molar-refractivity contribution in [2.75, 3.05) is 31.1 Å². The Morgan fingerprint density at radius 2 is 1.81 bits per heavy atom. The van der Waals surface area contributed by atoms with Crippen molar-refractivity contribution in [3.63, 3.8) is 0 Å². The summed E-state index contributed by atoms with van der Waals surface area (Å²) in [4.78, 5) is 29.4. The van der Waals surface area contributed by atoms with Gasteiger partial charge in [0, 0.05) is 37.6 Å². The molecule has 1 unspecified atom stereocenters. The lowest BCUT2D eigenvalue weighted by Gasteiger charge is -2.38. The second-order valence-electron chi connectivity index (χ2n) is 9.32. The van der Waals surface area contributed by atoms with Gasteiger partial charge in [0.1, 0.15) is 18.1 Å². The average molecular weight is 505 g/mol. The minimum absolute atomic E-state index is 0.0584. The summed E-state index contributed by atoms with van der Waals surface area (Å²) in [7, 11) is 0. The predicted molar refractivity (Wildman–Crippen MR) is 141 cm³/mol. The minimum Gasteiger partial charge on any atom is -0.486 e. The number of nitrogens with zero attached hydrogens (tertiary/aromatic N) is 2. The molecule has 5 rings (SSSR count). The molecule has 1 atom stereocenters. The number of amides is 2. The van der Waals surface area contributed by atoms with Crippen LogP contribution in [0, 0.1) is 6.92 Å². The van der Waals surface area contributed by atoms with E-state index in [1.54, 1.807) is 12.1 Å². The van der Waals surface area contributed by atoms with E-state index in [4.69, 9.17) is 9.15 Å². The molecule has 3 heterocycles. The smallest absolute Gasteiger partial charge is 0.289 e. The van der Waals surface area contributed by atoms with Crippen LogP contribution in [0.5, 0.6) is 5.75 Å². The quantitative estimate of drug-likeness (QED) is 0.459. The molecule has 0 bridgehead atoms. The highest BCUT2D eigenvalue weighted by Gasteiger charge is 2.31. The highest BCUT2D eigenvalue weighted by molar-refractivity contribution is 7.99. The van der Waals surface area contributed by atoms with E-state index in [2.05, 4.69) is 43.3 Å². The summed E-state index contributed by atoms with van der Waals surface area (Å²) >= 11 is 1.87. The monoisotopic (exact) mass is 504 g/mol. The molecule has 3 aromatic rings. The molecule has 0 N–H and O–H groups in total. The molecule has 2 amide bonds. The van der Waals surface area contributed by atoms with Crippen molar-refractivity contribution in [2.45, 2.75) is 39.3 Å². The number of hydrogen-bond donors (Lipinski definition) is 0. The Kier molecular flexibility index (Phi) is 7.37. The summed E-state index contributed by atoms with van der Waals surface area (Å²) in [6.07, 6.45) is 1.30. The van der Waals surface area contributed by atoms with Crippen LogP contribution < -0.4 is 4.74 Å². The van der Waals surface area contributed by atoms with Crippen LogP contribution in [0.1, 0.15) is 58.0 Å². The van der Waals surface area contributed by atoms with Crippen molar-refractivity contribution >= 4 is 23.6 Å². The molecule has 7 heteroatoms. The van der Waals surface area contributed by atoms with Crippen LogP contribution in [0.4, 0.5) is 0 Å². The van der Waals surface area contributed by atoms with Gasteiger partial charge in [-0.2, -0.15) is 11.8 Å². The van der Waals surface area contributed by atoms with Crippen LogP contribution in [0.15, 0.2) is 59.0 Å². The Balaban J connectivity index is 1.34. The van der Waals surface area contributed by atoms with Crippen molar-refractivity contribution in [1.82, 2.24) is 9.80 Å². The zero-order valence-corrected chi connectivity index (χ0v) is 21.7. The Hall–Kier alpha value is -3.19. The maximum Gasteiger partial charge on any atom is 0.289 e. The molecule has 2 aliphatic heterocycles. The van der Waals surface area contributed by atoms with Crippen LogP contribution in [-0.4, -0.2) is 52.8 Å². The van der Waals surface area contributed by atoms with Gasteiger partial charge in [0.25, 0.3) is 5.91 Å². The number of ether oxygens (including phenoxy) is 1. The molecule has 188 valence electrons. The van der Waals surface area contributed by atoms with Crippen molar-refractivity contribution in [3.05, 3.63) is 88.4 Å². The number of benzene rings is 2. The summed E-state index contributed by atoms with van der Waals surface area (Å²) in [5.41, 5.74) is 4.63. The van der Waals surface area contributed by atoms with E-state index < -0.39 is 0 Å². The number of thioether (sulfide) groups is 1. The van der Waals surface area contributed by atoms with Gasteiger partial charge in [0.05, 0.1) is 6.04 Å². The molecule has 0 radical (unpaired) electrons. The third-order valence-electron chi connectivity index (χ3n) is 6.91. The molecule has 36 heavy (non-hydrogen) atoms. The summed E-state index contributed by atoms with van der Waals surface area (Å²) < 4.78 is 11.9. The van der Waals surface area contributed by atoms with E-state index in [9.17, 15) is 9.59 Å². The van der Waals surface area contributed by atoms with E-state index in [1.165, 1.54) is 11.1 Å². The molecule has 1 saturated heterocycles. The van der Waals surface area contributed by atoms with Gasteiger partial charge in [-0.3, -0.25) is 9.59 Å². The minimum atomic E-state index is -0.138. The Labute approximate surface area is 216 Å².